The van der Waals surface area contributed by atoms with Crippen LogP contribution in [0.5, 0.6) is 0 Å². The zero-order chi connectivity index (χ0) is 20.8. The molecule has 0 saturated carbocycles. The lowest BCUT2D eigenvalue weighted by molar-refractivity contribution is 0.0788. The number of benzene rings is 1. The average molecular weight is 420 g/mol. The van der Waals surface area contributed by atoms with Crippen molar-refractivity contribution in [2.24, 2.45) is 0 Å². The first kappa shape index (κ1) is 20.7. The van der Waals surface area contributed by atoms with E-state index in [1.165, 1.54) is 22.3 Å². The summed E-state index contributed by atoms with van der Waals surface area (Å²) >= 11 is 7.46. The van der Waals surface area contributed by atoms with Crippen LogP contribution >= 0.6 is 22.9 Å². The molecular formula is C21H23ClFN3OS. The number of amides is 1. The van der Waals surface area contributed by atoms with Gasteiger partial charge in [-0.25, -0.2) is 14.4 Å². The molecule has 0 spiro atoms. The fraction of sp³-hybridized carbons (Fsp3) is 0.381. The Morgan fingerprint density at radius 2 is 1.93 bits per heavy atom. The molecule has 0 bridgehead atoms. The van der Waals surface area contributed by atoms with Crippen LogP contribution in [0.15, 0.2) is 18.2 Å². The van der Waals surface area contributed by atoms with Gasteiger partial charge < -0.3 is 4.90 Å². The van der Waals surface area contributed by atoms with E-state index in [1.54, 1.807) is 19.2 Å². The first-order valence-electron chi connectivity index (χ1n) is 8.97. The van der Waals surface area contributed by atoms with Gasteiger partial charge in [0, 0.05) is 28.4 Å². The summed E-state index contributed by atoms with van der Waals surface area (Å²) < 4.78 is 14.1. The van der Waals surface area contributed by atoms with Gasteiger partial charge in [0.2, 0.25) is 0 Å². The largest absolute Gasteiger partial charge is 0.337 e. The molecule has 0 aliphatic rings. The number of fused-ring (bicyclic) bond motifs is 1. The lowest BCUT2D eigenvalue weighted by atomic mass is 9.95. The number of carbonyl (C=O) groups is 1. The first-order chi connectivity index (χ1) is 13.0. The molecule has 1 amide bonds. The van der Waals surface area contributed by atoms with Crippen LogP contribution in [0.25, 0.3) is 10.2 Å². The van der Waals surface area contributed by atoms with Gasteiger partial charge >= 0.3 is 0 Å². The van der Waals surface area contributed by atoms with E-state index in [2.05, 4.69) is 25.8 Å². The zero-order valence-corrected chi connectivity index (χ0v) is 18.4. The van der Waals surface area contributed by atoms with Gasteiger partial charge in [-0.1, -0.05) is 38.4 Å². The van der Waals surface area contributed by atoms with E-state index in [9.17, 15) is 9.18 Å². The summed E-state index contributed by atoms with van der Waals surface area (Å²) in [5.74, 6) is 0.150. The van der Waals surface area contributed by atoms with Crippen LogP contribution in [0.2, 0.25) is 5.02 Å². The van der Waals surface area contributed by atoms with Gasteiger partial charge in [0.05, 0.1) is 17.1 Å². The lowest BCUT2D eigenvalue weighted by Crippen LogP contribution is -2.26. The second-order valence-corrected chi connectivity index (χ2v) is 9.39. The fourth-order valence-corrected chi connectivity index (χ4v) is 4.49. The number of hydrogen-bond acceptors (Lipinski definition) is 4. The molecule has 0 radical (unpaired) electrons. The predicted molar refractivity (Wildman–Crippen MR) is 113 cm³/mol. The zero-order valence-electron chi connectivity index (χ0n) is 16.9. The Morgan fingerprint density at radius 3 is 2.54 bits per heavy atom. The van der Waals surface area contributed by atoms with Crippen molar-refractivity contribution >= 4 is 39.1 Å². The highest BCUT2D eigenvalue weighted by Crippen LogP contribution is 2.34. The maximum Gasteiger partial charge on any atom is 0.264 e. The van der Waals surface area contributed by atoms with Crippen molar-refractivity contribution in [1.82, 2.24) is 14.9 Å². The second-order valence-electron chi connectivity index (χ2n) is 7.98. The van der Waals surface area contributed by atoms with Crippen molar-refractivity contribution in [3.05, 3.63) is 56.6 Å². The summed E-state index contributed by atoms with van der Waals surface area (Å²) in [4.78, 5) is 25.3. The summed E-state index contributed by atoms with van der Waals surface area (Å²) in [7, 11) is 1.65. The minimum atomic E-state index is -0.420. The van der Waals surface area contributed by atoms with E-state index in [0.29, 0.717) is 15.5 Å². The van der Waals surface area contributed by atoms with Crippen molar-refractivity contribution in [2.75, 3.05) is 7.05 Å². The van der Waals surface area contributed by atoms with Crippen LogP contribution in [0.4, 0.5) is 4.39 Å². The third kappa shape index (κ3) is 3.76. The fourth-order valence-electron chi connectivity index (χ4n) is 3.04. The Labute approximate surface area is 173 Å². The molecule has 1 aromatic carbocycles. The molecule has 0 N–H and O–H groups in total. The molecular weight excluding hydrogens is 397 g/mol. The molecule has 7 heteroatoms. The highest BCUT2D eigenvalue weighted by Gasteiger charge is 2.25. The number of halogens is 2. The van der Waals surface area contributed by atoms with Gasteiger partial charge in [-0.2, -0.15) is 0 Å². The molecule has 3 aromatic rings. The van der Waals surface area contributed by atoms with E-state index in [4.69, 9.17) is 16.6 Å². The molecule has 2 aromatic heterocycles. The van der Waals surface area contributed by atoms with Crippen molar-refractivity contribution in [2.45, 2.75) is 46.6 Å². The van der Waals surface area contributed by atoms with Gasteiger partial charge in [0.15, 0.2) is 0 Å². The number of carbonyl (C=O) groups excluding carboxylic acids is 1. The molecule has 4 nitrogen and oxygen atoms in total. The van der Waals surface area contributed by atoms with Gasteiger partial charge in [-0.15, -0.1) is 11.3 Å². The molecule has 28 heavy (non-hydrogen) atoms. The maximum atomic E-state index is 14.1. The third-order valence-corrected chi connectivity index (χ3v) is 6.17. The van der Waals surface area contributed by atoms with Gasteiger partial charge in [0.1, 0.15) is 16.5 Å². The van der Waals surface area contributed by atoms with Crippen LogP contribution in [-0.2, 0) is 12.0 Å². The Kier molecular flexibility index (Phi) is 5.47. The molecule has 2 heterocycles. The second kappa shape index (κ2) is 7.41. The van der Waals surface area contributed by atoms with E-state index in [-0.39, 0.29) is 17.9 Å². The van der Waals surface area contributed by atoms with E-state index >= 15 is 0 Å². The van der Waals surface area contributed by atoms with Crippen LogP contribution in [0, 0.1) is 19.7 Å². The lowest BCUT2D eigenvalue weighted by Gasteiger charge is -2.18. The van der Waals surface area contributed by atoms with E-state index in [0.717, 1.165) is 27.3 Å². The van der Waals surface area contributed by atoms with Crippen LogP contribution < -0.4 is 0 Å². The Hall–Kier alpha value is -2.05. The minimum Gasteiger partial charge on any atom is -0.337 e. The third-order valence-electron chi connectivity index (χ3n) is 4.64. The smallest absolute Gasteiger partial charge is 0.264 e. The van der Waals surface area contributed by atoms with Gasteiger partial charge in [0.25, 0.3) is 5.91 Å². The summed E-state index contributed by atoms with van der Waals surface area (Å²) in [6.45, 7) is 10.1. The summed E-state index contributed by atoms with van der Waals surface area (Å²) in [6.07, 6.45) is 0. The summed E-state index contributed by atoms with van der Waals surface area (Å²) in [5, 5.41) is 1.22. The Balaban J connectivity index is 2.00. The standard InChI is InChI=1S/C21H23ClFN3OS/c1-11-16-12(2)24-20(21(3,4)5)25-18(16)28-17(11)19(27)26(6)10-13-14(22)8-7-9-15(13)23/h7-9H,10H2,1-6H3. The SMILES string of the molecule is Cc1nc(C(C)(C)C)nc2sc(C(=O)N(C)Cc3c(F)cccc3Cl)c(C)c12. The quantitative estimate of drug-likeness (QED) is 0.549. The Bertz CT molecular complexity index is 1050. The molecule has 0 saturated heterocycles. The Morgan fingerprint density at radius 1 is 1.25 bits per heavy atom. The molecule has 0 atom stereocenters. The molecule has 0 aliphatic carbocycles. The topological polar surface area (TPSA) is 46.1 Å². The normalized spacial score (nSPS) is 11.9. The van der Waals surface area contributed by atoms with Crippen molar-refractivity contribution < 1.29 is 9.18 Å². The molecule has 148 valence electrons. The number of thiophene rings is 1. The monoisotopic (exact) mass is 419 g/mol. The first-order valence-corrected chi connectivity index (χ1v) is 10.2. The van der Waals surface area contributed by atoms with Crippen LogP contribution in [-0.4, -0.2) is 27.8 Å². The molecule has 3 rings (SSSR count). The van der Waals surface area contributed by atoms with E-state index in [1.807, 2.05) is 13.8 Å². The van der Waals surface area contributed by atoms with Crippen molar-refractivity contribution in [3.63, 3.8) is 0 Å². The summed E-state index contributed by atoms with van der Waals surface area (Å²) in [5.41, 5.74) is 1.85. The van der Waals surface area contributed by atoms with Crippen molar-refractivity contribution in [1.29, 1.82) is 0 Å². The van der Waals surface area contributed by atoms with Gasteiger partial charge in [-0.05, 0) is 31.5 Å². The number of hydrogen-bond donors (Lipinski definition) is 0. The molecule has 0 unspecified atom stereocenters. The van der Waals surface area contributed by atoms with Crippen LogP contribution in [0.1, 0.15) is 53.1 Å². The van der Waals surface area contributed by atoms with E-state index < -0.39 is 5.82 Å². The maximum absolute atomic E-state index is 14.1. The number of nitrogens with zero attached hydrogens (tertiary/aromatic N) is 3. The number of aromatic nitrogens is 2. The highest BCUT2D eigenvalue weighted by atomic mass is 35.5. The van der Waals surface area contributed by atoms with Crippen LogP contribution in [0.3, 0.4) is 0 Å². The molecule has 0 aliphatic heterocycles. The summed E-state index contributed by atoms with van der Waals surface area (Å²) in [6, 6.07) is 4.51. The van der Waals surface area contributed by atoms with Crippen molar-refractivity contribution in [3.8, 4) is 0 Å². The molecule has 0 fully saturated rings. The number of aryl methyl sites for hydroxylation is 2. The van der Waals surface area contributed by atoms with Gasteiger partial charge in [-0.3, -0.25) is 4.79 Å². The number of rotatable bonds is 3. The predicted octanol–water partition coefficient (Wildman–Crippen LogP) is 5.67. The highest BCUT2D eigenvalue weighted by molar-refractivity contribution is 7.20. The minimum absolute atomic E-state index is 0.0932. The average Bonchev–Trinajstić information content (AvgIpc) is 2.94.